The molecule has 1 aliphatic carbocycles. The normalized spacial score (nSPS) is 17.1. The fraction of sp³-hybridized carbons (Fsp3) is 0.173. The number of aryl methyl sites for hydroxylation is 3. The lowest BCUT2D eigenvalue weighted by atomic mass is 9.78. The third-order valence-electron chi connectivity index (χ3n) is 17.8. The average molecular weight is 995 g/mol. The first-order chi connectivity index (χ1) is 37.8. The minimum atomic E-state index is 0.00745. The summed E-state index contributed by atoms with van der Waals surface area (Å²) in [5.74, 6) is 0. The second-order valence-electron chi connectivity index (χ2n) is 22.1. The van der Waals surface area contributed by atoms with Gasteiger partial charge in [-0.05, 0) is 182 Å². The molecular weight excluding hydrogens is 929 g/mol. The Bertz CT molecular complexity index is 3930. The molecule has 3 atom stereocenters. The van der Waals surface area contributed by atoms with Crippen LogP contribution in [0.3, 0.4) is 0 Å². The number of hydrogen-bond donors (Lipinski definition) is 0. The lowest BCUT2D eigenvalue weighted by molar-refractivity contribution is -0.704. The van der Waals surface area contributed by atoms with Gasteiger partial charge in [0.25, 0.3) is 0 Å². The number of hydrogen-bond acceptors (Lipinski definition) is 0. The highest BCUT2D eigenvalue weighted by atomic mass is 15.1. The monoisotopic (exact) mass is 995 g/mol. The zero-order valence-electron chi connectivity index (χ0n) is 44.9. The molecule has 1 fully saturated rings. The molecule has 0 saturated heterocycles. The maximum absolute atomic E-state index is 2.69. The fourth-order valence-electron chi connectivity index (χ4n) is 13.7. The van der Waals surface area contributed by atoms with Crippen LogP contribution >= 0.6 is 0 Å². The van der Waals surface area contributed by atoms with Gasteiger partial charge in [-0.15, -0.1) is 0 Å². The van der Waals surface area contributed by atoms with Gasteiger partial charge in [-0.25, -0.2) is 0 Å². The van der Waals surface area contributed by atoms with Gasteiger partial charge in [0.2, 0.25) is 11.4 Å². The smallest absolute Gasteiger partial charge is 0.198 e. The van der Waals surface area contributed by atoms with Crippen LogP contribution < -0.4 is 9.13 Å². The highest BCUT2D eigenvalue weighted by molar-refractivity contribution is 5.96. The first kappa shape index (κ1) is 48.2. The molecule has 2 heteroatoms. The molecule has 3 unspecified atom stereocenters. The average Bonchev–Trinajstić information content (AvgIpc) is 2.56. The van der Waals surface area contributed by atoms with Crippen LogP contribution in [0.25, 0.3) is 100 Å². The number of aromatic nitrogens is 2. The molecule has 0 amide bonds. The highest BCUT2D eigenvalue weighted by Gasteiger charge is 2.82. The van der Waals surface area contributed by atoms with Crippen molar-refractivity contribution in [1.82, 2.24) is 0 Å². The molecule has 0 bridgehead atoms. The van der Waals surface area contributed by atoms with E-state index < -0.39 is 0 Å². The van der Waals surface area contributed by atoms with E-state index in [1.54, 1.807) is 0 Å². The Morgan fingerprint density at radius 2 is 0.948 bits per heavy atom. The molecule has 0 radical (unpaired) electrons. The molecule has 9 aromatic carbocycles. The van der Waals surface area contributed by atoms with Gasteiger partial charge in [-0.3, -0.25) is 0 Å². The van der Waals surface area contributed by atoms with E-state index in [2.05, 4.69) is 286 Å². The Balaban J connectivity index is 0.855. The zero-order valence-corrected chi connectivity index (χ0v) is 44.9. The summed E-state index contributed by atoms with van der Waals surface area (Å²) in [4.78, 5) is 0. The molecular formula is C75H66N2+2. The maximum atomic E-state index is 2.69. The quantitative estimate of drug-likeness (QED) is 0.0959. The van der Waals surface area contributed by atoms with Crippen LogP contribution in [0.4, 0.5) is 0 Å². The van der Waals surface area contributed by atoms with Gasteiger partial charge < -0.3 is 0 Å². The largest absolute Gasteiger partial charge is 0.220 e. The van der Waals surface area contributed by atoms with Gasteiger partial charge in [-0.2, -0.15) is 9.13 Å². The third kappa shape index (κ3) is 8.43. The number of nitrogens with zero attached hydrogens (tertiary/aromatic N) is 2. The Morgan fingerprint density at radius 3 is 1.57 bits per heavy atom. The SMILES string of the molecule is CCCCc1cccc2c3[n+](ccc12)C1C(C)(CC)C1(CC[n+]1ccccc1-c1cc(-c2cccc(-c4cc(-c5ccccc5)cc(-c5cc(-c6ccccc6)cc(-c6ccccc6)c5)c4)c2)ccc1C)c1ccccc1-3. The minimum absolute atomic E-state index is 0.00745. The molecule has 1 saturated carbocycles. The van der Waals surface area contributed by atoms with Crippen molar-refractivity contribution >= 4 is 10.8 Å². The predicted octanol–water partition coefficient (Wildman–Crippen LogP) is 18.7. The van der Waals surface area contributed by atoms with Crippen molar-refractivity contribution in [3.8, 4) is 89.3 Å². The van der Waals surface area contributed by atoms with Gasteiger partial charge in [0, 0.05) is 35.6 Å². The third-order valence-corrected chi connectivity index (χ3v) is 17.8. The van der Waals surface area contributed by atoms with Crippen molar-refractivity contribution in [1.29, 1.82) is 0 Å². The molecule has 0 spiro atoms. The summed E-state index contributed by atoms with van der Waals surface area (Å²) in [7, 11) is 0. The summed E-state index contributed by atoms with van der Waals surface area (Å²) in [6.07, 6.45) is 10.5. The Labute approximate surface area is 455 Å². The van der Waals surface area contributed by atoms with E-state index in [1.165, 1.54) is 130 Å². The summed E-state index contributed by atoms with van der Waals surface area (Å²) in [5.41, 5.74) is 24.1. The molecule has 0 N–H and O–H groups in total. The Morgan fingerprint density at radius 1 is 0.429 bits per heavy atom. The van der Waals surface area contributed by atoms with E-state index in [4.69, 9.17) is 0 Å². The number of pyridine rings is 2. The van der Waals surface area contributed by atoms with Crippen LogP contribution in [0.1, 0.15) is 69.2 Å². The zero-order chi connectivity index (χ0) is 52.1. The van der Waals surface area contributed by atoms with Crippen molar-refractivity contribution in [2.45, 2.75) is 77.8 Å². The number of unbranched alkanes of at least 4 members (excludes halogenated alkanes) is 1. The van der Waals surface area contributed by atoms with Crippen molar-refractivity contribution in [2.75, 3.05) is 0 Å². The summed E-state index contributed by atoms with van der Waals surface area (Å²) in [6, 6.07) is 88.8. The van der Waals surface area contributed by atoms with Crippen molar-refractivity contribution in [3.05, 3.63) is 266 Å². The van der Waals surface area contributed by atoms with Gasteiger partial charge in [0.15, 0.2) is 18.4 Å². The summed E-state index contributed by atoms with van der Waals surface area (Å²) >= 11 is 0. The van der Waals surface area contributed by atoms with Gasteiger partial charge in [0.05, 0.1) is 16.4 Å². The number of rotatable bonds is 14. The van der Waals surface area contributed by atoms with Crippen molar-refractivity contribution in [2.24, 2.45) is 5.41 Å². The second-order valence-corrected chi connectivity index (χ2v) is 22.1. The molecule has 1 aliphatic heterocycles. The maximum Gasteiger partial charge on any atom is 0.220 e. The predicted molar refractivity (Wildman–Crippen MR) is 321 cm³/mol. The lowest BCUT2D eigenvalue weighted by Crippen LogP contribution is -2.44. The van der Waals surface area contributed by atoms with E-state index in [1.807, 2.05) is 0 Å². The number of fused-ring (bicyclic) bond motifs is 8. The molecule has 77 heavy (non-hydrogen) atoms. The van der Waals surface area contributed by atoms with E-state index in [-0.39, 0.29) is 10.8 Å². The Kier molecular flexibility index (Phi) is 12.5. The molecule has 2 aromatic heterocycles. The van der Waals surface area contributed by atoms with Crippen LogP contribution in [0, 0.1) is 12.3 Å². The first-order valence-electron chi connectivity index (χ1n) is 28.1. The summed E-state index contributed by atoms with van der Waals surface area (Å²) < 4.78 is 5.23. The van der Waals surface area contributed by atoms with Crippen LogP contribution in [0.2, 0.25) is 0 Å². The highest BCUT2D eigenvalue weighted by Crippen LogP contribution is 2.76. The van der Waals surface area contributed by atoms with Gasteiger partial charge in [-0.1, -0.05) is 179 Å². The molecule has 3 heterocycles. The van der Waals surface area contributed by atoms with Crippen LogP contribution in [-0.2, 0) is 18.4 Å². The van der Waals surface area contributed by atoms with Crippen LogP contribution in [-0.4, -0.2) is 0 Å². The first-order valence-corrected chi connectivity index (χ1v) is 28.1. The van der Waals surface area contributed by atoms with Crippen LogP contribution in [0.15, 0.2) is 249 Å². The molecule has 2 aliphatic rings. The summed E-state index contributed by atoms with van der Waals surface area (Å²) in [5, 5.41) is 2.80. The molecule has 2 nitrogen and oxygen atoms in total. The number of benzene rings is 9. The van der Waals surface area contributed by atoms with Gasteiger partial charge >= 0.3 is 0 Å². The van der Waals surface area contributed by atoms with E-state index in [0.717, 1.165) is 25.8 Å². The minimum Gasteiger partial charge on any atom is -0.198 e. The lowest BCUT2D eigenvalue weighted by Gasteiger charge is -2.25. The van der Waals surface area contributed by atoms with E-state index >= 15 is 0 Å². The Hall–Kier alpha value is -8.46. The summed E-state index contributed by atoms with van der Waals surface area (Å²) in [6.45, 7) is 10.5. The second kappa shape index (κ2) is 19.9. The molecule has 11 aromatic rings. The standard InChI is InChI=1S/C75H66N2/c1-5-7-23-56-30-22-34-67-66(56)39-42-77-72(67)68-33-17-18-35-70(68)75(73(77)74(75,4)6-2)40-43-76-41-20-19-36-71(76)69-51-59(38-37-52(69)3)57-31-21-32-58(44-57)63-46-62(55-28-15-10-16-29-55)49-65(50-63)64-47-60(53-24-11-8-12-25-53)45-61(48-64)54-26-13-9-14-27-54/h8-22,24-39,41-42,44-51,73H,5-7,23,40,43H2,1-4H3/q+2. The molecule has 374 valence electrons. The van der Waals surface area contributed by atoms with Gasteiger partial charge in [0.1, 0.15) is 6.54 Å². The van der Waals surface area contributed by atoms with Crippen molar-refractivity contribution in [3.63, 3.8) is 0 Å². The van der Waals surface area contributed by atoms with Crippen molar-refractivity contribution < 1.29 is 9.13 Å². The topological polar surface area (TPSA) is 7.76 Å². The van der Waals surface area contributed by atoms with Crippen LogP contribution in [0.5, 0.6) is 0 Å². The van der Waals surface area contributed by atoms with E-state index in [0.29, 0.717) is 6.04 Å². The van der Waals surface area contributed by atoms with E-state index in [9.17, 15) is 0 Å². The fourth-order valence-corrected chi connectivity index (χ4v) is 13.7. The molecule has 13 rings (SSSR count).